The number of rotatable bonds is 5. The third-order valence-electron chi connectivity index (χ3n) is 3.17. The minimum absolute atomic E-state index is 0.530. The van der Waals surface area contributed by atoms with Crippen molar-refractivity contribution in [2.45, 2.75) is 26.9 Å². The Morgan fingerprint density at radius 2 is 1.74 bits per heavy atom. The van der Waals surface area contributed by atoms with E-state index in [2.05, 4.69) is 26.0 Å². The van der Waals surface area contributed by atoms with Crippen molar-refractivity contribution in [2.75, 3.05) is 7.11 Å². The van der Waals surface area contributed by atoms with Crippen molar-refractivity contribution in [1.82, 2.24) is 0 Å². The van der Waals surface area contributed by atoms with Crippen LogP contribution in [0.25, 0.3) is 0 Å². The molecule has 0 aliphatic rings. The van der Waals surface area contributed by atoms with Gasteiger partial charge in [-0.25, -0.2) is 0 Å². The van der Waals surface area contributed by atoms with Crippen LogP contribution in [0.5, 0.6) is 11.5 Å². The fraction of sp³-hybridized carbons (Fsp3) is 0.294. The van der Waals surface area contributed by atoms with E-state index in [0.29, 0.717) is 6.61 Å². The molecular formula is C17H20O2. The number of ether oxygens (including phenoxy) is 2. The van der Waals surface area contributed by atoms with Crippen LogP contribution in [-0.2, 0) is 13.0 Å². The highest BCUT2D eigenvalue weighted by Gasteiger charge is 2.06. The topological polar surface area (TPSA) is 18.5 Å². The molecule has 2 heteroatoms. The van der Waals surface area contributed by atoms with Gasteiger partial charge in [0.25, 0.3) is 0 Å². The molecule has 2 aromatic carbocycles. The molecule has 0 spiro atoms. The number of aryl methyl sites for hydroxylation is 2. The smallest absolute Gasteiger partial charge is 0.125 e. The quantitative estimate of drug-likeness (QED) is 0.800. The zero-order chi connectivity index (χ0) is 13.7. The van der Waals surface area contributed by atoms with Crippen LogP contribution in [0, 0.1) is 6.92 Å². The highest BCUT2D eigenvalue weighted by atomic mass is 16.5. The molecule has 0 radical (unpaired) electrons. The average Bonchev–Trinajstić information content (AvgIpc) is 2.45. The predicted molar refractivity (Wildman–Crippen MR) is 77.9 cm³/mol. The fourth-order valence-corrected chi connectivity index (χ4v) is 2.11. The maximum Gasteiger partial charge on any atom is 0.125 e. The third kappa shape index (κ3) is 3.28. The van der Waals surface area contributed by atoms with Crippen molar-refractivity contribution in [3.05, 3.63) is 59.2 Å². The third-order valence-corrected chi connectivity index (χ3v) is 3.17. The van der Waals surface area contributed by atoms with Crippen LogP contribution < -0.4 is 9.47 Å². The van der Waals surface area contributed by atoms with Crippen LogP contribution >= 0.6 is 0 Å². The Labute approximate surface area is 115 Å². The van der Waals surface area contributed by atoms with Gasteiger partial charge in [-0.15, -0.1) is 0 Å². The molecule has 0 atom stereocenters. The molecule has 0 saturated heterocycles. The normalized spacial score (nSPS) is 10.3. The van der Waals surface area contributed by atoms with Crippen molar-refractivity contribution >= 4 is 0 Å². The van der Waals surface area contributed by atoms with Gasteiger partial charge in [0.1, 0.15) is 18.1 Å². The lowest BCUT2D eigenvalue weighted by Gasteiger charge is -2.13. The second-order valence-corrected chi connectivity index (χ2v) is 4.57. The summed E-state index contributed by atoms with van der Waals surface area (Å²) < 4.78 is 11.3. The van der Waals surface area contributed by atoms with E-state index >= 15 is 0 Å². The second-order valence-electron chi connectivity index (χ2n) is 4.57. The Morgan fingerprint density at radius 3 is 2.47 bits per heavy atom. The van der Waals surface area contributed by atoms with Gasteiger partial charge in [-0.1, -0.05) is 36.8 Å². The van der Waals surface area contributed by atoms with Crippen LogP contribution in [0.1, 0.15) is 23.6 Å². The molecule has 0 N–H and O–H groups in total. The second kappa shape index (κ2) is 6.28. The van der Waals surface area contributed by atoms with Crippen LogP contribution in [-0.4, -0.2) is 7.11 Å². The zero-order valence-corrected chi connectivity index (χ0v) is 11.8. The monoisotopic (exact) mass is 256 g/mol. The average molecular weight is 256 g/mol. The summed E-state index contributed by atoms with van der Waals surface area (Å²) in [5.74, 6) is 1.83. The highest BCUT2D eigenvalue weighted by Crippen LogP contribution is 2.24. The molecule has 0 amide bonds. The van der Waals surface area contributed by atoms with Crippen LogP contribution in [0.2, 0.25) is 0 Å². The van der Waals surface area contributed by atoms with Crippen LogP contribution in [0.3, 0.4) is 0 Å². The maximum absolute atomic E-state index is 5.93. The molecule has 0 unspecified atom stereocenters. The van der Waals surface area contributed by atoms with Gasteiger partial charge in [0.2, 0.25) is 0 Å². The predicted octanol–water partition coefficient (Wildman–Crippen LogP) is 4.15. The Kier molecular flexibility index (Phi) is 4.45. The highest BCUT2D eigenvalue weighted by molar-refractivity contribution is 5.38. The SMILES string of the molecule is CCc1ccccc1OCc1cc(C)ccc1OC. The lowest BCUT2D eigenvalue weighted by molar-refractivity contribution is 0.294. The molecule has 0 fully saturated rings. The van der Waals surface area contributed by atoms with Gasteiger partial charge in [0.15, 0.2) is 0 Å². The van der Waals surface area contributed by atoms with E-state index in [-0.39, 0.29) is 0 Å². The summed E-state index contributed by atoms with van der Waals surface area (Å²) in [7, 11) is 1.69. The molecule has 2 aromatic rings. The number of hydrogen-bond donors (Lipinski definition) is 0. The molecule has 19 heavy (non-hydrogen) atoms. The standard InChI is InChI=1S/C17H20O2/c1-4-14-7-5-6-8-17(14)19-12-15-11-13(2)9-10-16(15)18-3/h5-11H,4,12H2,1-3H3. The molecule has 0 heterocycles. The maximum atomic E-state index is 5.93. The van der Waals surface area contributed by atoms with E-state index in [1.807, 2.05) is 30.3 Å². The van der Waals surface area contributed by atoms with E-state index in [4.69, 9.17) is 9.47 Å². The van der Waals surface area contributed by atoms with Gasteiger partial charge >= 0.3 is 0 Å². The van der Waals surface area contributed by atoms with Gasteiger partial charge in [-0.05, 0) is 37.1 Å². The first-order chi connectivity index (χ1) is 9.24. The Bertz CT molecular complexity index is 547. The number of hydrogen-bond acceptors (Lipinski definition) is 2. The summed E-state index contributed by atoms with van der Waals surface area (Å²) in [6.45, 7) is 4.74. The van der Waals surface area contributed by atoms with Crippen LogP contribution in [0.4, 0.5) is 0 Å². The molecule has 0 aliphatic carbocycles. The molecular weight excluding hydrogens is 236 g/mol. The van der Waals surface area contributed by atoms with Crippen molar-refractivity contribution in [2.24, 2.45) is 0 Å². The van der Waals surface area contributed by atoms with Crippen molar-refractivity contribution in [1.29, 1.82) is 0 Å². The van der Waals surface area contributed by atoms with Gasteiger partial charge in [0.05, 0.1) is 7.11 Å². The van der Waals surface area contributed by atoms with Gasteiger partial charge < -0.3 is 9.47 Å². The summed E-state index contributed by atoms with van der Waals surface area (Å²) in [4.78, 5) is 0. The molecule has 0 saturated carbocycles. The minimum atomic E-state index is 0.530. The summed E-state index contributed by atoms with van der Waals surface area (Å²) >= 11 is 0. The summed E-state index contributed by atoms with van der Waals surface area (Å²) in [6, 6.07) is 14.3. The first-order valence-corrected chi connectivity index (χ1v) is 6.58. The van der Waals surface area contributed by atoms with Gasteiger partial charge in [-0.3, -0.25) is 0 Å². The summed E-state index contributed by atoms with van der Waals surface area (Å²) in [5.41, 5.74) is 3.52. The molecule has 0 aromatic heterocycles. The van der Waals surface area contributed by atoms with Gasteiger partial charge in [-0.2, -0.15) is 0 Å². The fourth-order valence-electron chi connectivity index (χ4n) is 2.11. The molecule has 2 nitrogen and oxygen atoms in total. The molecule has 100 valence electrons. The Hall–Kier alpha value is -1.96. The lowest BCUT2D eigenvalue weighted by Crippen LogP contribution is -2.01. The van der Waals surface area contributed by atoms with E-state index in [0.717, 1.165) is 23.5 Å². The molecule has 0 bridgehead atoms. The number of benzene rings is 2. The van der Waals surface area contributed by atoms with E-state index in [9.17, 15) is 0 Å². The lowest BCUT2D eigenvalue weighted by atomic mass is 10.1. The number of methoxy groups -OCH3 is 1. The van der Waals surface area contributed by atoms with Crippen molar-refractivity contribution < 1.29 is 9.47 Å². The zero-order valence-electron chi connectivity index (χ0n) is 11.8. The first-order valence-electron chi connectivity index (χ1n) is 6.58. The van der Waals surface area contributed by atoms with E-state index in [1.165, 1.54) is 11.1 Å². The summed E-state index contributed by atoms with van der Waals surface area (Å²) in [6.07, 6.45) is 0.973. The van der Waals surface area contributed by atoms with E-state index < -0.39 is 0 Å². The largest absolute Gasteiger partial charge is 0.496 e. The Morgan fingerprint density at radius 1 is 0.947 bits per heavy atom. The minimum Gasteiger partial charge on any atom is -0.496 e. The van der Waals surface area contributed by atoms with Gasteiger partial charge in [0, 0.05) is 5.56 Å². The number of para-hydroxylation sites is 1. The first kappa shape index (κ1) is 13.5. The van der Waals surface area contributed by atoms with Crippen LogP contribution in [0.15, 0.2) is 42.5 Å². The molecule has 0 aliphatic heterocycles. The molecule has 2 rings (SSSR count). The summed E-state index contributed by atoms with van der Waals surface area (Å²) in [5, 5.41) is 0. The van der Waals surface area contributed by atoms with E-state index in [1.54, 1.807) is 7.11 Å². The van der Waals surface area contributed by atoms with Crippen molar-refractivity contribution in [3.63, 3.8) is 0 Å². The Balaban J connectivity index is 2.16. The van der Waals surface area contributed by atoms with Crippen molar-refractivity contribution in [3.8, 4) is 11.5 Å².